The molecule has 2 aromatic heterocycles. The number of pyridine rings is 1. The Morgan fingerprint density at radius 2 is 1.86 bits per heavy atom. The molecule has 0 radical (unpaired) electrons. The van der Waals surface area contributed by atoms with E-state index in [0.29, 0.717) is 48.8 Å². The minimum absolute atomic E-state index is 0.259. The second-order valence-electron chi connectivity index (χ2n) is 10.3. The fourth-order valence-corrected chi connectivity index (χ4v) is 4.84. The van der Waals surface area contributed by atoms with Gasteiger partial charge in [0.25, 0.3) is 0 Å². The maximum Gasteiger partial charge on any atom is 0.320 e. The van der Waals surface area contributed by atoms with Crippen molar-refractivity contribution in [3.8, 4) is 22.6 Å². The zero-order valence-electron chi connectivity index (χ0n) is 21.8. The smallest absolute Gasteiger partial charge is 0.320 e. The number of aromatic nitrogens is 2. The van der Waals surface area contributed by atoms with Crippen molar-refractivity contribution < 1.29 is 19.0 Å². The molecule has 36 heavy (non-hydrogen) atoms. The molecule has 1 saturated heterocycles. The van der Waals surface area contributed by atoms with Gasteiger partial charge >= 0.3 is 6.03 Å². The third-order valence-electron chi connectivity index (χ3n) is 6.31. The van der Waals surface area contributed by atoms with Crippen LogP contribution >= 0.6 is 0 Å². The summed E-state index contributed by atoms with van der Waals surface area (Å²) < 4.78 is 19.4. The number of methoxy groups -OCH3 is 2. The van der Waals surface area contributed by atoms with E-state index in [1.807, 2.05) is 41.1 Å². The summed E-state index contributed by atoms with van der Waals surface area (Å²) in [6.07, 6.45) is 2.01. The lowest BCUT2D eigenvalue weighted by Crippen LogP contribution is -2.48. The molecule has 9 nitrogen and oxygen atoms in total. The highest BCUT2D eigenvalue weighted by Gasteiger charge is 2.21. The number of rotatable bonds is 11. The molecule has 0 spiro atoms. The van der Waals surface area contributed by atoms with Gasteiger partial charge in [-0.1, -0.05) is 25.7 Å². The number of nitrogens with one attached hydrogen (secondary N) is 3. The predicted molar refractivity (Wildman–Crippen MR) is 146 cm³/mol. The van der Waals surface area contributed by atoms with Crippen molar-refractivity contribution in [3.05, 3.63) is 36.5 Å². The third-order valence-corrected chi connectivity index (χ3v) is 8.01. The van der Waals surface area contributed by atoms with Crippen molar-refractivity contribution in [3.63, 3.8) is 0 Å². The van der Waals surface area contributed by atoms with Crippen molar-refractivity contribution in [1.29, 1.82) is 0 Å². The lowest BCUT2D eigenvalue weighted by molar-refractivity contribution is 0.0899. The summed E-state index contributed by atoms with van der Waals surface area (Å²) in [4.78, 5) is 17.2. The normalized spacial score (nSPS) is 13.9. The highest BCUT2D eigenvalue weighted by Crippen LogP contribution is 2.42. The molecule has 1 aromatic carbocycles. The first-order valence-corrected chi connectivity index (χ1v) is 16.0. The fourth-order valence-electron chi connectivity index (χ4n) is 4.08. The third kappa shape index (κ3) is 6.18. The summed E-state index contributed by atoms with van der Waals surface area (Å²) in [7, 11) is 2.09. The van der Waals surface area contributed by atoms with Gasteiger partial charge in [-0.2, -0.15) is 0 Å². The van der Waals surface area contributed by atoms with Crippen molar-refractivity contribution in [2.24, 2.45) is 5.92 Å². The first-order valence-electron chi connectivity index (χ1n) is 12.3. The van der Waals surface area contributed by atoms with Crippen LogP contribution in [0.3, 0.4) is 0 Å². The van der Waals surface area contributed by atoms with E-state index >= 15 is 0 Å². The number of anilines is 1. The van der Waals surface area contributed by atoms with Crippen molar-refractivity contribution in [1.82, 2.24) is 20.2 Å². The fraction of sp³-hybridized carbons (Fsp3) is 0.462. The Labute approximate surface area is 213 Å². The number of carbonyl (C=O) groups excluding carboxylic acids is 1. The molecule has 4 rings (SSSR count). The first-order chi connectivity index (χ1) is 17.3. The Bertz CT molecular complexity index is 1180. The van der Waals surface area contributed by atoms with Gasteiger partial charge in [0.15, 0.2) is 0 Å². The minimum Gasteiger partial charge on any atom is -0.496 e. The van der Waals surface area contributed by atoms with E-state index in [0.717, 1.165) is 35.6 Å². The van der Waals surface area contributed by atoms with Crippen LogP contribution in [-0.4, -0.2) is 64.1 Å². The molecule has 3 aromatic rings. The first kappa shape index (κ1) is 26.0. The number of amides is 2. The topological polar surface area (TPSA) is 98.7 Å². The summed E-state index contributed by atoms with van der Waals surface area (Å²) >= 11 is 0. The minimum atomic E-state index is -1.20. The molecule has 1 aliphatic rings. The van der Waals surface area contributed by atoms with Gasteiger partial charge < -0.3 is 29.4 Å². The van der Waals surface area contributed by atoms with Crippen molar-refractivity contribution in [2.45, 2.75) is 32.4 Å². The summed E-state index contributed by atoms with van der Waals surface area (Å²) in [5.41, 5.74) is 2.49. The van der Waals surface area contributed by atoms with Crippen LogP contribution in [0.25, 0.3) is 22.2 Å². The average Bonchev–Trinajstić information content (AvgIpc) is 3.17. The van der Waals surface area contributed by atoms with Gasteiger partial charge in [0.2, 0.25) is 0 Å². The lowest BCUT2D eigenvalue weighted by atomic mass is 10.0. The van der Waals surface area contributed by atoms with Gasteiger partial charge in [-0.3, -0.25) is 5.32 Å². The molecule has 0 atom stereocenters. The molecular formula is C26H37N5O4Si. The number of carbonyl (C=O) groups is 1. The number of hydrogen-bond acceptors (Lipinski definition) is 6. The molecule has 3 heterocycles. The van der Waals surface area contributed by atoms with E-state index in [9.17, 15) is 4.79 Å². The number of fused-ring (bicyclic) bond motifs is 1. The molecule has 3 N–H and O–H groups in total. The average molecular weight is 512 g/mol. The Hall–Kier alpha value is -3.08. The molecule has 0 bridgehead atoms. The van der Waals surface area contributed by atoms with Gasteiger partial charge in [0.1, 0.15) is 29.7 Å². The summed E-state index contributed by atoms with van der Waals surface area (Å²) in [5.74, 6) is 2.38. The van der Waals surface area contributed by atoms with Gasteiger partial charge in [0, 0.05) is 57.4 Å². The molecule has 0 aliphatic carbocycles. The Kier molecular flexibility index (Phi) is 8.17. The van der Waals surface area contributed by atoms with E-state index in [1.54, 1.807) is 14.2 Å². The van der Waals surface area contributed by atoms with Gasteiger partial charge in [-0.05, 0) is 30.3 Å². The van der Waals surface area contributed by atoms with Gasteiger partial charge in [-0.25, -0.2) is 9.78 Å². The van der Waals surface area contributed by atoms with E-state index in [2.05, 4.69) is 35.6 Å². The molecule has 0 saturated carbocycles. The summed E-state index contributed by atoms with van der Waals surface area (Å²) in [5, 5.41) is 9.91. The molecule has 10 heteroatoms. The number of benzene rings is 1. The maximum absolute atomic E-state index is 12.4. The number of ether oxygens (including phenoxy) is 3. The van der Waals surface area contributed by atoms with E-state index in [4.69, 9.17) is 19.2 Å². The zero-order chi connectivity index (χ0) is 25.7. The van der Waals surface area contributed by atoms with Crippen LogP contribution in [0.15, 0.2) is 36.5 Å². The maximum atomic E-state index is 12.4. The van der Waals surface area contributed by atoms with E-state index < -0.39 is 8.07 Å². The predicted octanol–water partition coefficient (Wildman–Crippen LogP) is 4.37. The van der Waals surface area contributed by atoms with Crippen LogP contribution < -0.4 is 25.4 Å². The second kappa shape index (κ2) is 11.3. The largest absolute Gasteiger partial charge is 0.496 e. The molecule has 1 fully saturated rings. The molecule has 1 aliphatic heterocycles. The number of nitrogens with zero attached hydrogens (tertiary/aromatic N) is 2. The quantitative estimate of drug-likeness (QED) is 0.261. The van der Waals surface area contributed by atoms with Crippen LogP contribution in [0.4, 0.5) is 10.6 Å². The zero-order valence-corrected chi connectivity index (χ0v) is 22.8. The molecule has 194 valence electrons. The van der Waals surface area contributed by atoms with Crippen LogP contribution in [0.2, 0.25) is 25.7 Å². The Morgan fingerprint density at radius 1 is 1.14 bits per heavy atom. The molecular weight excluding hydrogens is 474 g/mol. The van der Waals surface area contributed by atoms with Crippen LogP contribution in [0.1, 0.15) is 0 Å². The van der Waals surface area contributed by atoms with Gasteiger partial charge in [0.05, 0.1) is 19.8 Å². The van der Waals surface area contributed by atoms with E-state index in [-0.39, 0.29) is 6.03 Å². The SMILES string of the molecule is COc1cccc(OC)c1-c1cn(COCC[Si](C)(C)C)c2nc(NC(=O)NCC3CNC3)ccc12. The van der Waals surface area contributed by atoms with Gasteiger partial charge in [-0.15, -0.1) is 0 Å². The molecule has 2 amide bonds. The number of hydrogen-bond donors (Lipinski definition) is 3. The van der Waals surface area contributed by atoms with Crippen LogP contribution in [0.5, 0.6) is 11.5 Å². The summed E-state index contributed by atoms with van der Waals surface area (Å²) in [6, 6.07) is 10.3. The Morgan fingerprint density at radius 3 is 2.47 bits per heavy atom. The van der Waals surface area contributed by atoms with Crippen LogP contribution in [-0.2, 0) is 11.5 Å². The highest BCUT2D eigenvalue weighted by atomic mass is 28.3. The lowest BCUT2D eigenvalue weighted by Gasteiger charge is -2.27. The van der Waals surface area contributed by atoms with Crippen molar-refractivity contribution >= 4 is 31.0 Å². The van der Waals surface area contributed by atoms with E-state index in [1.165, 1.54) is 0 Å². The monoisotopic (exact) mass is 511 g/mol. The van der Waals surface area contributed by atoms with Crippen molar-refractivity contribution in [2.75, 3.05) is 45.8 Å². The number of urea groups is 1. The van der Waals surface area contributed by atoms with Crippen LogP contribution in [0, 0.1) is 5.92 Å². The highest BCUT2D eigenvalue weighted by molar-refractivity contribution is 6.76. The standard InChI is InChI=1S/C26H37N5O4Si/c1-33-21-7-6-8-22(34-2)24(21)20-16-31(17-35-11-12-36(3,4)5)25-19(20)9-10-23(29-25)30-26(32)28-15-18-13-27-14-18/h6-10,16,18,27H,11-15,17H2,1-5H3,(H2,28,29,30,32). The second-order valence-corrected chi connectivity index (χ2v) is 15.9. The Balaban J connectivity index is 1.65. The molecule has 0 unspecified atom stereocenters. The summed E-state index contributed by atoms with van der Waals surface area (Å²) in [6.45, 7) is 10.6.